The SMILES string of the molecule is C/C(=N/NC(=O)c1cccnc1)c1ccc(O)cc1O. The number of nitrogens with zero attached hydrogens (tertiary/aromatic N) is 2. The number of benzene rings is 1. The molecular weight excluding hydrogens is 258 g/mol. The largest absolute Gasteiger partial charge is 0.508 e. The molecule has 0 aliphatic heterocycles. The molecule has 2 rings (SSSR count). The fraction of sp³-hybridized carbons (Fsp3) is 0.0714. The Kier molecular flexibility index (Phi) is 3.95. The number of carbonyl (C=O) groups is 1. The molecule has 6 heteroatoms. The van der Waals surface area contributed by atoms with Crippen LogP contribution in [0.2, 0.25) is 0 Å². The van der Waals surface area contributed by atoms with Gasteiger partial charge in [-0.2, -0.15) is 5.10 Å². The number of aromatic hydroxyl groups is 2. The van der Waals surface area contributed by atoms with Crippen LogP contribution in [0.1, 0.15) is 22.8 Å². The maximum absolute atomic E-state index is 11.8. The first kappa shape index (κ1) is 13.5. The highest BCUT2D eigenvalue weighted by molar-refractivity contribution is 6.02. The van der Waals surface area contributed by atoms with Gasteiger partial charge in [0.2, 0.25) is 0 Å². The Bertz CT molecular complexity index is 654. The van der Waals surface area contributed by atoms with E-state index in [2.05, 4.69) is 15.5 Å². The number of nitrogens with one attached hydrogen (secondary N) is 1. The van der Waals surface area contributed by atoms with Crippen LogP contribution in [0, 0.1) is 0 Å². The van der Waals surface area contributed by atoms with Crippen molar-refractivity contribution in [3.05, 3.63) is 53.9 Å². The van der Waals surface area contributed by atoms with Crippen LogP contribution in [0.25, 0.3) is 0 Å². The van der Waals surface area contributed by atoms with Crippen molar-refractivity contribution in [1.29, 1.82) is 0 Å². The Morgan fingerprint density at radius 1 is 1.30 bits per heavy atom. The summed E-state index contributed by atoms with van der Waals surface area (Å²) in [4.78, 5) is 15.6. The number of aromatic nitrogens is 1. The minimum Gasteiger partial charge on any atom is -0.508 e. The molecule has 0 aliphatic carbocycles. The van der Waals surface area contributed by atoms with E-state index in [4.69, 9.17) is 0 Å². The summed E-state index contributed by atoms with van der Waals surface area (Å²) < 4.78 is 0. The maximum Gasteiger partial charge on any atom is 0.272 e. The average Bonchev–Trinajstić information content (AvgIpc) is 2.45. The molecular formula is C14H13N3O3. The number of hydrogen-bond donors (Lipinski definition) is 3. The summed E-state index contributed by atoms with van der Waals surface area (Å²) in [6.07, 6.45) is 3.00. The van der Waals surface area contributed by atoms with Gasteiger partial charge in [0.1, 0.15) is 11.5 Å². The lowest BCUT2D eigenvalue weighted by Gasteiger charge is -2.05. The first-order chi connectivity index (χ1) is 9.58. The number of phenolic OH excluding ortho intramolecular Hbond substituents is 2. The van der Waals surface area contributed by atoms with Gasteiger partial charge in [-0.25, -0.2) is 5.43 Å². The summed E-state index contributed by atoms with van der Waals surface area (Å²) in [6.45, 7) is 1.63. The van der Waals surface area contributed by atoms with Gasteiger partial charge in [0.25, 0.3) is 5.91 Å². The summed E-state index contributed by atoms with van der Waals surface area (Å²) in [7, 11) is 0. The minimum atomic E-state index is -0.393. The molecule has 20 heavy (non-hydrogen) atoms. The predicted octanol–water partition coefficient (Wildman–Crippen LogP) is 1.65. The van der Waals surface area contributed by atoms with Gasteiger partial charge in [0.05, 0.1) is 11.3 Å². The predicted molar refractivity (Wildman–Crippen MR) is 73.7 cm³/mol. The van der Waals surface area contributed by atoms with Gasteiger partial charge in [-0.05, 0) is 31.2 Å². The summed E-state index contributed by atoms with van der Waals surface area (Å²) in [5.41, 5.74) is 3.60. The van der Waals surface area contributed by atoms with Gasteiger partial charge in [0.15, 0.2) is 0 Å². The first-order valence-corrected chi connectivity index (χ1v) is 5.85. The van der Waals surface area contributed by atoms with Gasteiger partial charge in [-0.15, -0.1) is 0 Å². The number of phenols is 2. The molecule has 102 valence electrons. The molecule has 0 bridgehead atoms. The molecule has 0 saturated carbocycles. The van der Waals surface area contributed by atoms with Crippen molar-refractivity contribution in [2.75, 3.05) is 0 Å². The van der Waals surface area contributed by atoms with Crippen LogP contribution < -0.4 is 5.43 Å². The Labute approximate surface area is 115 Å². The van der Waals surface area contributed by atoms with E-state index in [1.807, 2.05) is 0 Å². The second-order valence-electron chi connectivity index (χ2n) is 4.08. The van der Waals surface area contributed by atoms with Gasteiger partial charge in [-0.1, -0.05) is 0 Å². The fourth-order valence-electron chi connectivity index (χ4n) is 1.58. The summed E-state index contributed by atoms with van der Waals surface area (Å²) in [6, 6.07) is 7.41. The van der Waals surface area contributed by atoms with Gasteiger partial charge < -0.3 is 10.2 Å². The van der Waals surface area contributed by atoms with E-state index in [1.165, 1.54) is 24.4 Å². The van der Waals surface area contributed by atoms with Crippen LogP contribution in [0.15, 0.2) is 47.8 Å². The molecule has 0 aliphatic rings. The zero-order valence-corrected chi connectivity index (χ0v) is 10.7. The standard InChI is InChI=1S/C14H13N3O3/c1-9(12-5-4-11(18)7-13(12)19)16-17-14(20)10-3-2-6-15-8-10/h2-8,18-19H,1H3,(H,17,20)/b16-9-. The lowest BCUT2D eigenvalue weighted by Crippen LogP contribution is -2.19. The van der Waals surface area contributed by atoms with Crippen molar-refractivity contribution >= 4 is 11.6 Å². The number of rotatable bonds is 3. The van der Waals surface area contributed by atoms with Crippen LogP contribution in [0.4, 0.5) is 0 Å². The Hall–Kier alpha value is -2.89. The van der Waals surface area contributed by atoms with Gasteiger partial charge in [0, 0.05) is 24.0 Å². The molecule has 0 fully saturated rings. The molecule has 1 amide bonds. The summed E-state index contributed by atoms with van der Waals surface area (Å²) >= 11 is 0. The molecule has 0 atom stereocenters. The first-order valence-electron chi connectivity index (χ1n) is 5.85. The molecule has 6 nitrogen and oxygen atoms in total. The minimum absolute atomic E-state index is 0.0431. The molecule has 0 radical (unpaired) electrons. The van der Waals surface area contributed by atoms with Crippen LogP contribution >= 0.6 is 0 Å². The van der Waals surface area contributed by atoms with Crippen LogP contribution in [-0.4, -0.2) is 26.8 Å². The van der Waals surface area contributed by atoms with Gasteiger partial charge >= 0.3 is 0 Å². The average molecular weight is 271 g/mol. The highest BCUT2D eigenvalue weighted by Gasteiger charge is 2.07. The quantitative estimate of drug-likeness (QED) is 0.584. The third-order valence-corrected chi connectivity index (χ3v) is 2.62. The Balaban J connectivity index is 2.13. The Morgan fingerprint density at radius 2 is 2.10 bits per heavy atom. The van der Waals surface area contributed by atoms with Crippen molar-refractivity contribution in [1.82, 2.24) is 10.4 Å². The highest BCUT2D eigenvalue weighted by atomic mass is 16.3. The fourth-order valence-corrected chi connectivity index (χ4v) is 1.58. The Morgan fingerprint density at radius 3 is 2.75 bits per heavy atom. The van der Waals surface area contributed by atoms with E-state index in [1.54, 1.807) is 25.3 Å². The zero-order chi connectivity index (χ0) is 14.5. The molecule has 1 aromatic heterocycles. The van der Waals surface area contributed by atoms with E-state index >= 15 is 0 Å². The van der Waals surface area contributed by atoms with E-state index < -0.39 is 5.91 Å². The summed E-state index contributed by atoms with van der Waals surface area (Å²) in [5, 5.41) is 22.8. The monoisotopic (exact) mass is 271 g/mol. The van der Waals surface area contributed by atoms with Crippen LogP contribution in [0.5, 0.6) is 11.5 Å². The molecule has 1 aromatic carbocycles. The lowest BCUT2D eigenvalue weighted by atomic mass is 10.1. The number of amides is 1. The molecule has 0 unspecified atom stereocenters. The maximum atomic E-state index is 11.8. The van der Waals surface area contributed by atoms with Crippen LogP contribution in [0.3, 0.4) is 0 Å². The van der Waals surface area contributed by atoms with E-state index in [0.717, 1.165) is 0 Å². The van der Waals surface area contributed by atoms with Crippen LogP contribution in [-0.2, 0) is 0 Å². The topological polar surface area (TPSA) is 94.8 Å². The third kappa shape index (κ3) is 3.11. The van der Waals surface area contributed by atoms with Crippen molar-refractivity contribution in [2.24, 2.45) is 5.10 Å². The van der Waals surface area contributed by atoms with E-state index in [9.17, 15) is 15.0 Å². The third-order valence-electron chi connectivity index (χ3n) is 2.62. The molecule has 0 saturated heterocycles. The number of hydrazone groups is 1. The smallest absolute Gasteiger partial charge is 0.272 e. The molecule has 0 spiro atoms. The number of carbonyl (C=O) groups excluding carboxylic acids is 1. The van der Waals surface area contributed by atoms with Crippen molar-refractivity contribution in [3.63, 3.8) is 0 Å². The normalized spacial score (nSPS) is 11.2. The molecule has 1 heterocycles. The zero-order valence-electron chi connectivity index (χ0n) is 10.7. The molecule has 2 aromatic rings. The number of pyridine rings is 1. The second-order valence-corrected chi connectivity index (χ2v) is 4.08. The summed E-state index contributed by atoms with van der Waals surface area (Å²) in [5.74, 6) is -0.545. The highest BCUT2D eigenvalue weighted by Crippen LogP contribution is 2.22. The lowest BCUT2D eigenvalue weighted by molar-refractivity contribution is 0.0954. The molecule has 3 N–H and O–H groups in total. The van der Waals surface area contributed by atoms with E-state index in [0.29, 0.717) is 16.8 Å². The van der Waals surface area contributed by atoms with Crippen molar-refractivity contribution in [3.8, 4) is 11.5 Å². The van der Waals surface area contributed by atoms with Crippen molar-refractivity contribution < 1.29 is 15.0 Å². The van der Waals surface area contributed by atoms with E-state index in [-0.39, 0.29) is 11.5 Å². The second kappa shape index (κ2) is 5.83. The van der Waals surface area contributed by atoms with Gasteiger partial charge in [-0.3, -0.25) is 9.78 Å². The number of hydrogen-bond acceptors (Lipinski definition) is 5. The van der Waals surface area contributed by atoms with Crippen molar-refractivity contribution in [2.45, 2.75) is 6.92 Å².